The summed E-state index contributed by atoms with van der Waals surface area (Å²) in [6.45, 7) is 5.84. The number of aliphatic hydroxyl groups is 1. The number of amides is 1. The van der Waals surface area contributed by atoms with Crippen molar-refractivity contribution in [1.82, 2.24) is 5.32 Å². The van der Waals surface area contributed by atoms with Crippen LogP contribution in [-0.2, 0) is 17.9 Å². The molecular formula is C11H17NO3S. The predicted molar refractivity (Wildman–Crippen MR) is 63.3 cm³/mol. The number of hydrogen-bond donors (Lipinski definition) is 2. The monoisotopic (exact) mass is 243 g/mol. The molecule has 1 rings (SSSR count). The van der Waals surface area contributed by atoms with Crippen molar-refractivity contribution < 1.29 is 14.6 Å². The predicted octanol–water partition coefficient (Wildman–Crippen LogP) is 2.27. The molecule has 0 aliphatic rings. The van der Waals surface area contributed by atoms with E-state index in [1.54, 1.807) is 0 Å². The second-order valence-corrected chi connectivity index (χ2v) is 5.38. The van der Waals surface area contributed by atoms with Gasteiger partial charge in [-0.1, -0.05) is 0 Å². The summed E-state index contributed by atoms with van der Waals surface area (Å²) in [7, 11) is 0. The van der Waals surface area contributed by atoms with Crippen LogP contribution in [0.25, 0.3) is 0 Å². The third-order valence-electron chi connectivity index (χ3n) is 1.80. The molecule has 0 aliphatic carbocycles. The third kappa shape index (κ3) is 4.20. The Hall–Kier alpha value is -1.07. The first-order chi connectivity index (χ1) is 7.42. The zero-order chi connectivity index (χ0) is 12.2. The summed E-state index contributed by atoms with van der Waals surface area (Å²) in [5, 5.41) is 13.6. The smallest absolute Gasteiger partial charge is 0.407 e. The first-order valence-corrected chi connectivity index (χ1v) is 5.93. The molecule has 1 aromatic rings. The summed E-state index contributed by atoms with van der Waals surface area (Å²) in [5.74, 6) is 0. The molecule has 0 spiro atoms. The number of thiophene rings is 1. The van der Waals surface area contributed by atoms with E-state index in [1.807, 2.05) is 32.2 Å². The molecule has 16 heavy (non-hydrogen) atoms. The number of carbonyl (C=O) groups is 1. The molecule has 0 aliphatic heterocycles. The van der Waals surface area contributed by atoms with E-state index in [-0.39, 0.29) is 6.61 Å². The second-order valence-electron chi connectivity index (χ2n) is 4.38. The van der Waals surface area contributed by atoms with Crippen molar-refractivity contribution in [3.8, 4) is 0 Å². The summed E-state index contributed by atoms with van der Waals surface area (Å²) in [5.41, 5.74) is 0.361. The first kappa shape index (κ1) is 13.0. The highest BCUT2D eigenvalue weighted by Crippen LogP contribution is 2.16. The molecule has 0 radical (unpaired) electrons. The summed E-state index contributed by atoms with van der Waals surface area (Å²) in [6.07, 6.45) is -0.440. The van der Waals surface area contributed by atoms with Crippen LogP contribution in [0.5, 0.6) is 0 Å². The molecule has 0 atom stereocenters. The normalized spacial score (nSPS) is 11.2. The summed E-state index contributed by atoms with van der Waals surface area (Å²) in [6, 6.07) is 1.84. The van der Waals surface area contributed by atoms with Gasteiger partial charge in [0.25, 0.3) is 0 Å². The Morgan fingerprint density at radius 2 is 2.25 bits per heavy atom. The van der Waals surface area contributed by atoms with Crippen molar-refractivity contribution in [2.24, 2.45) is 0 Å². The number of aliphatic hydroxyl groups excluding tert-OH is 1. The van der Waals surface area contributed by atoms with Crippen LogP contribution in [0.3, 0.4) is 0 Å². The van der Waals surface area contributed by atoms with E-state index in [2.05, 4.69) is 5.32 Å². The molecule has 2 N–H and O–H groups in total. The minimum atomic E-state index is -0.487. The van der Waals surface area contributed by atoms with E-state index in [0.717, 1.165) is 10.4 Å². The fourth-order valence-electron chi connectivity index (χ4n) is 1.13. The van der Waals surface area contributed by atoms with Crippen LogP contribution in [0.15, 0.2) is 11.4 Å². The fraction of sp³-hybridized carbons (Fsp3) is 0.545. The molecule has 0 saturated heterocycles. The van der Waals surface area contributed by atoms with Gasteiger partial charge >= 0.3 is 6.09 Å². The van der Waals surface area contributed by atoms with Crippen molar-refractivity contribution in [3.63, 3.8) is 0 Å². The van der Waals surface area contributed by atoms with Gasteiger partial charge in [0.2, 0.25) is 0 Å². The molecular weight excluding hydrogens is 226 g/mol. The Kier molecular flexibility index (Phi) is 4.32. The minimum Gasteiger partial charge on any atom is -0.444 e. The number of rotatable bonds is 3. The Morgan fingerprint density at radius 1 is 1.56 bits per heavy atom. The van der Waals surface area contributed by atoms with E-state index in [0.29, 0.717) is 6.54 Å². The fourth-order valence-corrected chi connectivity index (χ4v) is 1.97. The summed E-state index contributed by atoms with van der Waals surface area (Å²) < 4.78 is 5.10. The highest BCUT2D eigenvalue weighted by Gasteiger charge is 2.16. The van der Waals surface area contributed by atoms with Gasteiger partial charge < -0.3 is 15.2 Å². The van der Waals surface area contributed by atoms with Crippen LogP contribution in [0.1, 0.15) is 31.2 Å². The Balaban J connectivity index is 2.43. The van der Waals surface area contributed by atoms with Gasteiger partial charge in [-0.2, -0.15) is 0 Å². The van der Waals surface area contributed by atoms with Gasteiger partial charge in [-0.05, 0) is 37.8 Å². The van der Waals surface area contributed by atoms with Crippen LogP contribution < -0.4 is 5.32 Å². The molecule has 0 aromatic carbocycles. The van der Waals surface area contributed by atoms with Gasteiger partial charge in [0.1, 0.15) is 5.60 Å². The Bertz CT molecular complexity index is 354. The van der Waals surface area contributed by atoms with Crippen LogP contribution in [0, 0.1) is 0 Å². The van der Waals surface area contributed by atoms with Gasteiger partial charge in [-0.15, -0.1) is 11.3 Å². The zero-order valence-electron chi connectivity index (χ0n) is 9.74. The van der Waals surface area contributed by atoms with Crippen molar-refractivity contribution in [1.29, 1.82) is 0 Å². The van der Waals surface area contributed by atoms with Crippen LogP contribution >= 0.6 is 11.3 Å². The summed E-state index contributed by atoms with van der Waals surface area (Å²) in [4.78, 5) is 12.3. The SMILES string of the molecule is CC(C)(C)OC(=O)NCc1sccc1CO. The Labute approximate surface area is 99.2 Å². The quantitative estimate of drug-likeness (QED) is 0.856. The van der Waals surface area contributed by atoms with Crippen LogP contribution in [0.4, 0.5) is 4.79 Å². The number of hydrogen-bond acceptors (Lipinski definition) is 4. The molecule has 0 fully saturated rings. The van der Waals surface area contributed by atoms with Crippen molar-refractivity contribution >= 4 is 17.4 Å². The van der Waals surface area contributed by atoms with Crippen molar-refractivity contribution in [3.05, 3.63) is 21.9 Å². The van der Waals surface area contributed by atoms with E-state index >= 15 is 0 Å². The average molecular weight is 243 g/mol. The van der Waals surface area contributed by atoms with Crippen LogP contribution in [-0.4, -0.2) is 16.8 Å². The molecule has 1 heterocycles. The summed E-state index contributed by atoms with van der Waals surface area (Å²) >= 11 is 1.50. The molecule has 0 unspecified atom stereocenters. The maximum Gasteiger partial charge on any atom is 0.407 e. The van der Waals surface area contributed by atoms with E-state index in [1.165, 1.54) is 11.3 Å². The van der Waals surface area contributed by atoms with Crippen molar-refractivity contribution in [2.45, 2.75) is 39.5 Å². The molecule has 90 valence electrons. The minimum absolute atomic E-state index is 0.00513. The zero-order valence-corrected chi connectivity index (χ0v) is 10.6. The van der Waals surface area contributed by atoms with E-state index < -0.39 is 11.7 Å². The number of nitrogens with one attached hydrogen (secondary N) is 1. The first-order valence-electron chi connectivity index (χ1n) is 5.05. The van der Waals surface area contributed by atoms with E-state index in [9.17, 15) is 4.79 Å². The van der Waals surface area contributed by atoms with Crippen molar-refractivity contribution in [2.75, 3.05) is 0 Å². The second kappa shape index (κ2) is 5.32. The number of carbonyl (C=O) groups excluding carboxylic acids is 1. The lowest BCUT2D eigenvalue weighted by molar-refractivity contribution is 0.0524. The van der Waals surface area contributed by atoms with E-state index in [4.69, 9.17) is 9.84 Å². The highest BCUT2D eigenvalue weighted by molar-refractivity contribution is 7.10. The molecule has 0 bridgehead atoms. The molecule has 0 saturated carbocycles. The molecule has 1 aromatic heterocycles. The highest BCUT2D eigenvalue weighted by atomic mass is 32.1. The third-order valence-corrected chi connectivity index (χ3v) is 2.76. The van der Waals surface area contributed by atoms with Gasteiger partial charge in [-0.3, -0.25) is 0 Å². The number of ether oxygens (including phenoxy) is 1. The van der Waals surface area contributed by atoms with Gasteiger partial charge in [-0.25, -0.2) is 4.79 Å². The lowest BCUT2D eigenvalue weighted by Gasteiger charge is -2.19. The van der Waals surface area contributed by atoms with Gasteiger partial charge in [0.15, 0.2) is 0 Å². The standard InChI is InChI=1S/C11H17NO3S/c1-11(2,3)15-10(14)12-6-9-8(7-13)4-5-16-9/h4-5,13H,6-7H2,1-3H3,(H,12,14). The maximum atomic E-state index is 11.4. The topological polar surface area (TPSA) is 58.6 Å². The lowest BCUT2D eigenvalue weighted by Crippen LogP contribution is -2.32. The largest absolute Gasteiger partial charge is 0.444 e. The maximum absolute atomic E-state index is 11.4. The van der Waals surface area contributed by atoms with Crippen LogP contribution in [0.2, 0.25) is 0 Å². The molecule has 5 heteroatoms. The van der Waals surface area contributed by atoms with Gasteiger partial charge in [0.05, 0.1) is 13.2 Å². The number of alkyl carbamates (subject to hydrolysis) is 1. The molecule has 1 amide bonds. The van der Waals surface area contributed by atoms with Gasteiger partial charge in [0, 0.05) is 4.88 Å². The average Bonchev–Trinajstić information content (AvgIpc) is 2.59. The molecule has 4 nitrogen and oxygen atoms in total. The lowest BCUT2D eigenvalue weighted by atomic mass is 10.2. The Morgan fingerprint density at radius 3 is 2.81 bits per heavy atom.